The molecule has 18 heavy (non-hydrogen) atoms. The Morgan fingerprint density at radius 1 is 1.22 bits per heavy atom. The molecule has 0 aliphatic rings. The predicted octanol–water partition coefficient (Wildman–Crippen LogP) is 2.54. The van der Waals surface area contributed by atoms with Crippen molar-refractivity contribution in [1.29, 1.82) is 0 Å². The number of carbonyl (C=O) groups is 2. The first-order valence-corrected chi connectivity index (χ1v) is 6.33. The maximum atomic E-state index is 11.6. The van der Waals surface area contributed by atoms with Gasteiger partial charge in [-0.1, -0.05) is 45.8 Å². The quantitative estimate of drug-likeness (QED) is 0.633. The zero-order valence-corrected chi connectivity index (χ0v) is 12.1. The largest absolute Gasteiger partial charge is 0.466 e. The van der Waals surface area contributed by atoms with Crippen molar-refractivity contribution in [2.24, 2.45) is 0 Å². The smallest absolute Gasteiger partial charge is 0.348 e. The topological polar surface area (TPSA) is 52.6 Å². The van der Waals surface area contributed by atoms with Gasteiger partial charge < -0.3 is 9.47 Å². The van der Waals surface area contributed by atoms with Crippen LogP contribution in [-0.4, -0.2) is 25.2 Å². The van der Waals surface area contributed by atoms with Crippen LogP contribution in [0.1, 0.15) is 22.9 Å². The number of aryl methyl sites for hydroxylation is 1. The third-order valence-electron chi connectivity index (χ3n) is 2.39. The van der Waals surface area contributed by atoms with Crippen molar-refractivity contribution < 1.29 is 19.1 Å². The van der Waals surface area contributed by atoms with E-state index in [1.54, 1.807) is 0 Å². The lowest BCUT2D eigenvalue weighted by Gasteiger charge is -2.20. The van der Waals surface area contributed by atoms with Gasteiger partial charge in [0.15, 0.2) is 0 Å². The number of ether oxygens (including phenoxy) is 2. The third-order valence-corrected chi connectivity index (χ3v) is 3.40. The molecule has 0 bridgehead atoms. The number of hydrogen-bond donors (Lipinski definition) is 0. The molecule has 1 rings (SSSR count). The summed E-state index contributed by atoms with van der Waals surface area (Å²) < 4.78 is 9.62. The van der Waals surface area contributed by atoms with Crippen LogP contribution in [-0.2, 0) is 19.1 Å². The molecule has 0 radical (unpaired) electrons. The minimum Gasteiger partial charge on any atom is -0.466 e. The van der Waals surface area contributed by atoms with Gasteiger partial charge in [-0.25, -0.2) is 4.79 Å². The minimum absolute atomic E-state index is 0.436. The summed E-state index contributed by atoms with van der Waals surface area (Å²) in [6, 6.07) is 7.58. The molecule has 0 unspecified atom stereocenters. The van der Waals surface area contributed by atoms with Crippen molar-refractivity contribution in [3.63, 3.8) is 0 Å². The Morgan fingerprint density at radius 2 is 1.78 bits per heavy atom. The van der Waals surface area contributed by atoms with Crippen LogP contribution in [0.5, 0.6) is 0 Å². The van der Waals surface area contributed by atoms with Crippen LogP contribution in [0, 0.1) is 6.92 Å². The highest BCUT2D eigenvalue weighted by atomic mass is 79.9. The van der Waals surface area contributed by atoms with Crippen molar-refractivity contribution in [1.82, 2.24) is 0 Å². The summed E-state index contributed by atoms with van der Waals surface area (Å²) in [7, 11) is 1.26. The van der Waals surface area contributed by atoms with E-state index in [0.717, 1.165) is 11.1 Å². The van der Waals surface area contributed by atoms with E-state index in [9.17, 15) is 9.59 Å². The van der Waals surface area contributed by atoms with E-state index >= 15 is 0 Å². The van der Waals surface area contributed by atoms with Crippen LogP contribution in [0.25, 0.3) is 0 Å². The van der Waals surface area contributed by atoms with Gasteiger partial charge in [0.25, 0.3) is 0 Å². The Morgan fingerprint density at radius 3 is 2.22 bits per heavy atom. The molecule has 0 saturated heterocycles. The average Bonchev–Trinajstić information content (AvgIpc) is 2.35. The van der Waals surface area contributed by atoms with Crippen molar-refractivity contribution >= 4 is 27.9 Å². The van der Waals surface area contributed by atoms with Crippen LogP contribution in [0.4, 0.5) is 0 Å². The second kappa shape index (κ2) is 6.54. The number of esters is 2. The number of hydrogen-bond acceptors (Lipinski definition) is 4. The minimum atomic E-state index is -0.991. The normalized spacial score (nSPS) is 13.6. The van der Waals surface area contributed by atoms with Crippen LogP contribution < -0.4 is 0 Å². The molecule has 0 aromatic heterocycles. The highest BCUT2D eigenvalue weighted by Crippen LogP contribution is 2.29. The fourth-order valence-corrected chi connectivity index (χ4v) is 2.08. The van der Waals surface area contributed by atoms with Crippen molar-refractivity contribution in [3.8, 4) is 0 Å². The van der Waals surface area contributed by atoms with Gasteiger partial charge >= 0.3 is 11.9 Å². The number of halogens is 1. The van der Waals surface area contributed by atoms with Gasteiger partial charge in [-0.05, 0) is 12.5 Å². The van der Waals surface area contributed by atoms with E-state index in [-0.39, 0.29) is 0 Å². The van der Waals surface area contributed by atoms with Crippen LogP contribution in [0.2, 0.25) is 0 Å². The zero-order chi connectivity index (χ0) is 13.7. The van der Waals surface area contributed by atoms with Gasteiger partial charge in [0.05, 0.1) is 11.9 Å². The van der Waals surface area contributed by atoms with Crippen LogP contribution in [0.3, 0.4) is 0 Å². The van der Waals surface area contributed by atoms with Gasteiger partial charge in [0.1, 0.15) is 0 Å². The van der Waals surface area contributed by atoms with E-state index in [1.807, 2.05) is 31.2 Å². The molecular formula is C13H15BrO4. The Hall–Kier alpha value is -1.36. The molecule has 2 atom stereocenters. The fraction of sp³-hybridized carbons (Fsp3) is 0.385. The van der Waals surface area contributed by atoms with Gasteiger partial charge in [-0.15, -0.1) is 0 Å². The first-order valence-electron chi connectivity index (χ1n) is 5.41. The molecule has 4 nitrogen and oxygen atoms in total. The highest BCUT2D eigenvalue weighted by molar-refractivity contribution is 9.09. The summed E-state index contributed by atoms with van der Waals surface area (Å²) in [5.74, 6) is -1.12. The molecule has 0 saturated carbocycles. The van der Waals surface area contributed by atoms with E-state index in [2.05, 4.69) is 20.7 Å². The maximum Gasteiger partial charge on any atom is 0.348 e. The number of methoxy groups -OCH3 is 1. The molecule has 0 heterocycles. The molecular weight excluding hydrogens is 300 g/mol. The number of alkyl halides is 1. The second-order valence-corrected chi connectivity index (χ2v) is 4.85. The van der Waals surface area contributed by atoms with Crippen molar-refractivity contribution in [2.45, 2.75) is 24.8 Å². The SMILES string of the molecule is COC(=O)[C@@H](OC(C)=O)[C@@H](Br)c1ccc(C)cc1. The molecule has 0 fully saturated rings. The summed E-state index contributed by atoms with van der Waals surface area (Å²) in [5, 5.41) is 0. The lowest BCUT2D eigenvalue weighted by molar-refractivity contribution is -0.164. The Labute approximate surface area is 114 Å². The molecule has 1 aromatic carbocycles. The predicted molar refractivity (Wildman–Crippen MR) is 70.4 cm³/mol. The standard InChI is InChI=1S/C13H15BrO4/c1-8-4-6-10(7-5-8)11(14)12(13(16)17-3)18-9(2)15/h4-7,11-12H,1-3H3/t11-,12-/m0/s1. The van der Waals surface area contributed by atoms with E-state index in [4.69, 9.17) is 4.74 Å². The average molecular weight is 315 g/mol. The Kier molecular flexibility index (Phi) is 5.34. The molecule has 0 aliphatic heterocycles. The van der Waals surface area contributed by atoms with Gasteiger partial charge in [0.2, 0.25) is 6.10 Å². The first kappa shape index (κ1) is 14.7. The fourth-order valence-electron chi connectivity index (χ4n) is 1.45. The van der Waals surface area contributed by atoms with Gasteiger partial charge in [-0.2, -0.15) is 0 Å². The molecule has 0 N–H and O–H groups in total. The summed E-state index contributed by atoms with van der Waals surface area (Å²) >= 11 is 3.37. The van der Waals surface area contributed by atoms with E-state index in [1.165, 1.54) is 14.0 Å². The van der Waals surface area contributed by atoms with E-state index in [0.29, 0.717) is 0 Å². The van der Waals surface area contributed by atoms with E-state index < -0.39 is 22.9 Å². The summed E-state index contributed by atoms with van der Waals surface area (Å²) in [6.07, 6.45) is -0.991. The Bertz CT molecular complexity index is 427. The summed E-state index contributed by atoms with van der Waals surface area (Å²) in [4.78, 5) is 22.2. The zero-order valence-electron chi connectivity index (χ0n) is 10.5. The molecule has 0 spiro atoms. The molecule has 0 aliphatic carbocycles. The van der Waals surface area contributed by atoms with Gasteiger partial charge in [-0.3, -0.25) is 4.79 Å². The second-order valence-electron chi connectivity index (χ2n) is 3.87. The van der Waals surface area contributed by atoms with Gasteiger partial charge in [0, 0.05) is 6.92 Å². The summed E-state index contributed by atoms with van der Waals surface area (Å²) in [6.45, 7) is 3.22. The number of carbonyl (C=O) groups excluding carboxylic acids is 2. The van der Waals surface area contributed by atoms with Crippen LogP contribution in [0.15, 0.2) is 24.3 Å². The van der Waals surface area contributed by atoms with Crippen LogP contribution >= 0.6 is 15.9 Å². The molecule has 0 amide bonds. The van der Waals surface area contributed by atoms with Crippen molar-refractivity contribution in [2.75, 3.05) is 7.11 Å². The molecule has 5 heteroatoms. The lowest BCUT2D eigenvalue weighted by atomic mass is 10.1. The highest BCUT2D eigenvalue weighted by Gasteiger charge is 2.31. The lowest BCUT2D eigenvalue weighted by Crippen LogP contribution is -2.31. The maximum absolute atomic E-state index is 11.6. The molecule has 1 aromatic rings. The Balaban J connectivity index is 2.94. The van der Waals surface area contributed by atoms with Crippen molar-refractivity contribution in [3.05, 3.63) is 35.4 Å². The first-order chi connectivity index (χ1) is 8.45. The third kappa shape index (κ3) is 3.84. The monoisotopic (exact) mass is 314 g/mol. The molecule has 98 valence electrons. The summed E-state index contributed by atoms with van der Waals surface area (Å²) in [5.41, 5.74) is 1.96. The number of rotatable bonds is 4. The number of benzene rings is 1.